The number of piperidine rings is 1. The van der Waals surface area contributed by atoms with Crippen LogP contribution in [0, 0.1) is 0 Å². The van der Waals surface area contributed by atoms with Gasteiger partial charge in [-0.1, -0.05) is 0 Å². The third-order valence-corrected chi connectivity index (χ3v) is 4.81. The summed E-state index contributed by atoms with van der Waals surface area (Å²) in [4.78, 5) is 22.0. The van der Waals surface area contributed by atoms with Crippen molar-refractivity contribution in [3.63, 3.8) is 0 Å². The molecule has 1 aliphatic carbocycles. The summed E-state index contributed by atoms with van der Waals surface area (Å²) in [6, 6.07) is 0. The Balaban J connectivity index is 1.75. The maximum Gasteiger partial charge on any atom is 0.389 e. The molecule has 1 aromatic rings. The molecule has 2 N–H and O–H groups in total. The van der Waals surface area contributed by atoms with E-state index in [0.29, 0.717) is 13.1 Å². The number of rotatable bonds is 2. The van der Waals surface area contributed by atoms with E-state index in [4.69, 9.17) is 5.73 Å². The fourth-order valence-electron chi connectivity index (χ4n) is 3.70. The van der Waals surface area contributed by atoms with E-state index >= 15 is 0 Å². The average molecular weight is 328 g/mol. The van der Waals surface area contributed by atoms with E-state index < -0.39 is 24.9 Å². The van der Waals surface area contributed by atoms with Gasteiger partial charge in [0.15, 0.2) is 0 Å². The topological polar surface area (TPSA) is 72.1 Å². The van der Waals surface area contributed by atoms with Crippen molar-refractivity contribution in [1.82, 2.24) is 14.9 Å². The van der Waals surface area contributed by atoms with E-state index in [9.17, 15) is 18.0 Å². The second-order valence-corrected chi connectivity index (χ2v) is 6.42. The first-order valence-electron chi connectivity index (χ1n) is 7.75. The van der Waals surface area contributed by atoms with Crippen LogP contribution in [-0.2, 0) is 16.6 Å². The van der Waals surface area contributed by atoms with E-state index in [0.717, 1.165) is 36.9 Å². The first kappa shape index (κ1) is 16.0. The number of hydrogen-bond acceptors (Lipinski definition) is 4. The number of hydrogen-bond donors (Lipinski definition) is 1. The molecule has 8 heteroatoms. The highest BCUT2D eigenvalue weighted by Gasteiger charge is 2.44. The van der Waals surface area contributed by atoms with Gasteiger partial charge in [0.05, 0.1) is 12.1 Å². The van der Waals surface area contributed by atoms with Crippen molar-refractivity contribution < 1.29 is 18.0 Å². The number of alkyl halides is 3. The minimum atomic E-state index is -4.30. The Hall–Kier alpha value is -1.86. The van der Waals surface area contributed by atoms with Gasteiger partial charge < -0.3 is 10.6 Å². The van der Waals surface area contributed by atoms with Crippen LogP contribution < -0.4 is 5.73 Å². The van der Waals surface area contributed by atoms with E-state index in [1.54, 1.807) is 11.1 Å². The van der Waals surface area contributed by atoms with Crippen molar-refractivity contribution in [3.05, 3.63) is 17.5 Å². The molecule has 2 heterocycles. The molecule has 0 saturated carbocycles. The fourth-order valence-corrected chi connectivity index (χ4v) is 3.70. The quantitative estimate of drug-likeness (QED) is 0.903. The zero-order valence-electron chi connectivity index (χ0n) is 12.7. The number of likely N-dealkylation sites (tertiary alicyclic amines) is 1. The number of nitrogen functional groups attached to an aromatic ring is 1. The highest BCUT2D eigenvalue weighted by Crippen LogP contribution is 2.44. The lowest BCUT2D eigenvalue weighted by Crippen LogP contribution is -2.48. The number of aromatic nitrogens is 2. The van der Waals surface area contributed by atoms with Crippen LogP contribution in [0.15, 0.2) is 6.20 Å². The maximum absolute atomic E-state index is 12.3. The van der Waals surface area contributed by atoms with Crippen LogP contribution in [0.4, 0.5) is 19.1 Å². The van der Waals surface area contributed by atoms with Crippen LogP contribution in [0.2, 0.25) is 0 Å². The van der Waals surface area contributed by atoms with Crippen molar-refractivity contribution in [2.45, 2.75) is 50.1 Å². The number of nitrogens with two attached hydrogens (primary N) is 1. The second kappa shape index (κ2) is 5.65. The lowest BCUT2D eigenvalue weighted by molar-refractivity contribution is -0.150. The number of carbonyl (C=O) groups is 1. The average Bonchev–Trinajstić information content (AvgIpc) is 2.82. The molecule has 1 aromatic heterocycles. The molecule has 1 saturated heterocycles. The lowest BCUT2D eigenvalue weighted by Gasteiger charge is -2.40. The molecule has 1 aliphatic heterocycles. The minimum absolute atomic E-state index is 0.200. The number of amides is 1. The first-order valence-corrected chi connectivity index (χ1v) is 7.75. The Kier molecular flexibility index (Phi) is 3.93. The number of halogens is 3. The van der Waals surface area contributed by atoms with Gasteiger partial charge in [-0.25, -0.2) is 9.97 Å². The molecule has 1 fully saturated rings. The third-order valence-electron chi connectivity index (χ3n) is 4.81. The molecule has 1 amide bonds. The summed E-state index contributed by atoms with van der Waals surface area (Å²) in [5.74, 6) is -0.234. The van der Waals surface area contributed by atoms with E-state index in [2.05, 4.69) is 9.97 Å². The Morgan fingerprint density at radius 1 is 1.39 bits per heavy atom. The predicted octanol–water partition coefficient (Wildman–Crippen LogP) is 2.21. The molecule has 0 bridgehead atoms. The predicted molar refractivity (Wildman–Crippen MR) is 77.5 cm³/mol. The summed E-state index contributed by atoms with van der Waals surface area (Å²) < 4.78 is 37.0. The Labute approximate surface area is 132 Å². The third kappa shape index (κ3) is 3.25. The van der Waals surface area contributed by atoms with Crippen LogP contribution in [0.5, 0.6) is 0 Å². The van der Waals surface area contributed by atoms with E-state index in [1.807, 2.05) is 0 Å². The summed E-state index contributed by atoms with van der Waals surface area (Å²) in [7, 11) is 0. The second-order valence-electron chi connectivity index (χ2n) is 6.42. The molecule has 126 valence electrons. The van der Waals surface area contributed by atoms with Crippen molar-refractivity contribution >= 4 is 11.9 Å². The highest BCUT2D eigenvalue weighted by molar-refractivity contribution is 5.76. The van der Waals surface area contributed by atoms with Gasteiger partial charge >= 0.3 is 6.18 Å². The number of nitrogens with zero attached hydrogens (tertiary/aromatic N) is 3. The molecule has 0 aromatic carbocycles. The van der Waals surface area contributed by atoms with E-state index in [-0.39, 0.29) is 11.4 Å². The van der Waals surface area contributed by atoms with Gasteiger partial charge in [-0.3, -0.25) is 4.79 Å². The maximum atomic E-state index is 12.3. The van der Waals surface area contributed by atoms with Crippen molar-refractivity contribution in [2.24, 2.45) is 0 Å². The van der Waals surface area contributed by atoms with Gasteiger partial charge in [-0.15, -0.1) is 0 Å². The van der Waals surface area contributed by atoms with Crippen molar-refractivity contribution in [2.75, 3.05) is 18.8 Å². The van der Waals surface area contributed by atoms with Crippen LogP contribution in [0.1, 0.15) is 43.4 Å². The molecule has 0 radical (unpaired) electrons. The zero-order valence-corrected chi connectivity index (χ0v) is 12.7. The van der Waals surface area contributed by atoms with Crippen molar-refractivity contribution in [1.29, 1.82) is 0 Å². The van der Waals surface area contributed by atoms with Crippen LogP contribution in [0.3, 0.4) is 0 Å². The smallest absolute Gasteiger partial charge is 0.368 e. The van der Waals surface area contributed by atoms with Crippen LogP contribution in [-0.4, -0.2) is 40.0 Å². The van der Waals surface area contributed by atoms with Gasteiger partial charge in [0.25, 0.3) is 0 Å². The molecule has 1 unspecified atom stereocenters. The number of aryl methyl sites for hydroxylation is 1. The number of fused-ring (bicyclic) bond motifs is 2. The molecule has 23 heavy (non-hydrogen) atoms. The van der Waals surface area contributed by atoms with Gasteiger partial charge in [-0.05, 0) is 31.2 Å². The first-order chi connectivity index (χ1) is 10.8. The van der Waals surface area contributed by atoms with Gasteiger partial charge in [0, 0.05) is 31.1 Å². The van der Waals surface area contributed by atoms with Crippen LogP contribution in [0.25, 0.3) is 0 Å². The zero-order chi connectivity index (χ0) is 16.7. The SMILES string of the molecule is Nc1ncc2c(n1)C1(CCCN(C(=O)CCC(F)(F)F)C1)CC2. The summed E-state index contributed by atoms with van der Waals surface area (Å²) in [6.07, 6.45) is -0.842. The van der Waals surface area contributed by atoms with Gasteiger partial charge in [-0.2, -0.15) is 13.2 Å². The normalized spacial score (nSPS) is 24.0. The molecular weight excluding hydrogens is 309 g/mol. The van der Waals surface area contributed by atoms with Crippen molar-refractivity contribution in [3.8, 4) is 0 Å². The Bertz CT molecular complexity index is 615. The standard InChI is InChI=1S/C15H19F3N4O/c16-15(17,18)6-3-11(23)22-7-1-4-14(9-22)5-2-10-8-20-13(19)21-12(10)14/h8H,1-7,9H2,(H2,19,20,21). The Morgan fingerprint density at radius 2 is 2.17 bits per heavy atom. The summed E-state index contributed by atoms with van der Waals surface area (Å²) >= 11 is 0. The molecule has 3 rings (SSSR count). The molecule has 5 nitrogen and oxygen atoms in total. The number of anilines is 1. The molecule has 1 atom stereocenters. The Morgan fingerprint density at radius 3 is 2.91 bits per heavy atom. The summed E-state index contributed by atoms with van der Waals surface area (Å²) in [6.45, 7) is 0.932. The van der Waals surface area contributed by atoms with E-state index in [1.165, 1.54) is 0 Å². The lowest BCUT2D eigenvalue weighted by atomic mass is 9.77. The fraction of sp³-hybridized carbons (Fsp3) is 0.667. The van der Waals surface area contributed by atoms with Gasteiger partial charge in [0.2, 0.25) is 11.9 Å². The minimum Gasteiger partial charge on any atom is -0.368 e. The highest BCUT2D eigenvalue weighted by atomic mass is 19.4. The molecular formula is C15H19F3N4O. The largest absolute Gasteiger partial charge is 0.389 e. The summed E-state index contributed by atoms with van der Waals surface area (Å²) in [5, 5.41) is 0. The monoisotopic (exact) mass is 328 g/mol. The number of carbonyl (C=O) groups excluding carboxylic acids is 1. The van der Waals surface area contributed by atoms with Crippen LogP contribution >= 0.6 is 0 Å². The molecule has 1 spiro atoms. The summed E-state index contributed by atoms with van der Waals surface area (Å²) in [5.41, 5.74) is 7.31. The molecule has 2 aliphatic rings. The van der Waals surface area contributed by atoms with Gasteiger partial charge in [0.1, 0.15) is 0 Å².